The Morgan fingerprint density at radius 2 is 1.30 bits per heavy atom. The molecule has 0 aliphatic carbocycles. The molecule has 6 N–H and O–H groups in total. The molecule has 11 heteroatoms. The van der Waals surface area contributed by atoms with Crippen molar-refractivity contribution in [2.24, 2.45) is 0 Å². The van der Waals surface area contributed by atoms with Crippen molar-refractivity contribution in [2.75, 3.05) is 25.4 Å². The molecule has 0 aliphatic rings. The zero-order chi connectivity index (χ0) is 32.9. The van der Waals surface area contributed by atoms with Gasteiger partial charge in [-0.2, -0.15) is 0 Å². The SMILES string of the molecule is CC/C=C\C/C=C\C/C=C\C/C=C\C/C=C\C/C=C\CCC(=O)NCCSSC(C)(C)[C@H](NC(=O)O)C(=O)NC[C@@H](O)CO. The topological polar surface area (TPSA) is 148 Å². The first kappa shape index (κ1) is 41.3. The van der Waals surface area contributed by atoms with Crippen LogP contribution in [0.2, 0.25) is 0 Å². The van der Waals surface area contributed by atoms with Gasteiger partial charge in [-0.25, -0.2) is 4.79 Å². The van der Waals surface area contributed by atoms with Gasteiger partial charge in [0.15, 0.2) is 0 Å². The number of amides is 3. The van der Waals surface area contributed by atoms with Crippen LogP contribution in [-0.4, -0.2) is 75.6 Å². The highest BCUT2D eigenvalue weighted by molar-refractivity contribution is 8.77. The quantitative estimate of drug-likeness (QED) is 0.0410. The molecule has 0 saturated heterocycles. The highest BCUT2D eigenvalue weighted by atomic mass is 33.1. The van der Waals surface area contributed by atoms with Gasteiger partial charge in [-0.1, -0.05) is 101 Å². The summed E-state index contributed by atoms with van der Waals surface area (Å²) in [5.74, 6) is -0.0629. The first-order valence-electron chi connectivity index (χ1n) is 15.2. The molecular weight excluding hydrogens is 599 g/mol. The van der Waals surface area contributed by atoms with Crippen LogP contribution in [0.4, 0.5) is 4.79 Å². The van der Waals surface area contributed by atoms with Crippen molar-refractivity contribution in [3.8, 4) is 0 Å². The molecule has 0 aromatic rings. The van der Waals surface area contributed by atoms with E-state index in [1.165, 1.54) is 21.6 Å². The highest BCUT2D eigenvalue weighted by Crippen LogP contribution is 2.38. The number of carbonyl (C=O) groups is 3. The Balaban J connectivity index is 4.06. The number of aliphatic hydroxyl groups excluding tert-OH is 2. The van der Waals surface area contributed by atoms with Gasteiger partial charge in [0.2, 0.25) is 11.8 Å². The van der Waals surface area contributed by atoms with Crippen LogP contribution >= 0.6 is 21.6 Å². The summed E-state index contributed by atoms with van der Waals surface area (Å²) in [5, 5.41) is 35.0. The molecule has 0 radical (unpaired) electrons. The van der Waals surface area contributed by atoms with Gasteiger partial charge in [-0.05, 0) is 58.8 Å². The van der Waals surface area contributed by atoms with E-state index in [1.54, 1.807) is 13.8 Å². The molecule has 2 atom stereocenters. The van der Waals surface area contributed by atoms with Crippen molar-refractivity contribution in [3.63, 3.8) is 0 Å². The summed E-state index contributed by atoms with van der Waals surface area (Å²) in [4.78, 5) is 35.8. The third-order valence-corrected chi connectivity index (χ3v) is 9.16. The Bertz CT molecular complexity index is 977. The van der Waals surface area contributed by atoms with Crippen molar-refractivity contribution in [1.82, 2.24) is 16.0 Å². The van der Waals surface area contributed by atoms with Gasteiger partial charge in [0.05, 0.1) is 17.5 Å². The predicted octanol–water partition coefficient (Wildman–Crippen LogP) is 5.85. The van der Waals surface area contributed by atoms with Crippen LogP contribution in [0.25, 0.3) is 0 Å². The standard InChI is InChI=1S/C33H53N3O6S2/c1-4-5-6-7-8-9-10-11-12-13-14-15-16-17-18-19-20-21-22-23-29(39)34-24-25-43-44-33(2,3)30(36-32(41)42)31(40)35-26-28(38)27-37/h5-6,8-9,11-12,14-15,17-18,20-21,28,30,36-38H,4,7,10,13,16,19,22-27H2,1-3H3,(H,34,39)(H,35,40)(H,41,42)/b6-5-,9-8-,12-11-,15-14-,18-17-,21-20-/t28-,30-/m1/s1. The second-order valence-corrected chi connectivity index (χ2v) is 13.3. The smallest absolute Gasteiger partial charge is 0.405 e. The summed E-state index contributed by atoms with van der Waals surface area (Å²) in [5.41, 5.74) is 0. The third-order valence-electron chi connectivity index (χ3n) is 5.86. The van der Waals surface area contributed by atoms with Gasteiger partial charge in [-0.3, -0.25) is 9.59 Å². The summed E-state index contributed by atoms with van der Waals surface area (Å²) < 4.78 is -0.822. The minimum atomic E-state index is -1.34. The van der Waals surface area contributed by atoms with Crippen molar-refractivity contribution in [1.29, 1.82) is 0 Å². The predicted molar refractivity (Wildman–Crippen MR) is 186 cm³/mol. The zero-order valence-electron chi connectivity index (χ0n) is 26.5. The molecule has 0 heterocycles. The van der Waals surface area contributed by atoms with Crippen molar-refractivity contribution < 1.29 is 29.7 Å². The summed E-state index contributed by atoms with van der Waals surface area (Å²) in [6.45, 7) is 5.35. The lowest BCUT2D eigenvalue weighted by molar-refractivity contribution is -0.124. The monoisotopic (exact) mass is 651 g/mol. The van der Waals surface area contributed by atoms with Gasteiger partial charge in [0, 0.05) is 25.3 Å². The van der Waals surface area contributed by atoms with E-state index in [0.29, 0.717) is 25.1 Å². The largest absolute Gasteiger partial charge is 0.465 e. The zero-order valence-corrected chi connectivity index (χ0v) is 28.1. The number of hydrogen-bond acceptors (Lipinski definition) is 7. The third kappa shape index (κ3) is 24.7. The summed E-state index contributed by atoms with van der Waals surface area (Å²) >= 11 is 0. The molecule has 0 rings (SSSR count). The van der Waals surface area contributed by atoms with Gasteiger partial charge in [0.25, 0.3) is 0 Å². The summed E-state index contributed by atoms with van der Waals surface area (Å²) in [7, 11) is 2.75. The lowest BCUT2D eigenvalue weighted by Gasteiger charge is -2.32. The second-order valence-electron chi connectivity index (χ2n) is 10.3. The molecule has 0 saturated carbocycles. The van der Waals surface area contributed by atoms with Crippen molar-refractivity contribution in [2.45, 2.75) is 89.0 Å². The van der Waals surface area contributed by atoms with Crippen LogP contribution < -0.4 is 16.0 Å². The summed E-state index contributed by atoms with van der Waals surface area (Å²) in [6.07, 6.45) is 30.1. The fourth-order valence-electron chi connectivity index (χ4n) is 3.48. The number of aliphatic hydroxyl groups is 2. The number of carboxylic acid groups (broad SMARTS) is 1. The normalized spacial score (nSPS) is 14.0. The molecule has 0 bridgehead atoms. The average Bonchev–Trinajstić information content (AvgIpc) is 2.99. The molecular formula is C33H53N3O6S2. The number of allylic oxidation sites excluding steroid dienone is 12. The van der Waals surface area contributed by atoms with Crippen molar-refractivity contribution >= 4 is 39.5 Å². The minimum absolute atomic E-state index is 0.0402. The van der Waals surface area contributed by atoms with Gasteiger partial charge >= 0.3 is 6.09 Å². The Kier molecular flexibility index (Phi) is 26.1. The van der Waals surface area contributed by atoms with E-state index < -0.39 is 35.5 Å². The second kappa shape index (κ2) is 27.8. The maximum atomic E-state index is 12.5. The molecule has 0 fully saturated rings. The van der Waals surface area contributed by atoms with Gasteiger partial charge < -0.3 is 31.3 Å². The molecule has 0 aromatic carbocycles. The molecule has 9 nitrogen and oxygen atoms in total. The van der Waals surface area contributed by atoms with Crippen molar-refractivity contribution in [3.05, 3.63) is 72.9 Å². The molecule has 0 unspecified atom stereocenters. The van der Waals surface area contributed by atoms with E-state index in [4.69, 9.17) is 10.2 Å². The van der Waals surface area contributed by atoms with Crippen LogP contribution in [0.1, 0.15) is 72.1 Å². The van der Waals surface area contributed by atoms with Crippen LogP contribution in [-0.2, 0) is 9.59 Å². The number of carbonyl (C=O) groups excluding carboxylic acids is 2. The Morgan fingerprint density at radius 1 is 0.795 bits per heavy atom. The van der Waals surface area contributed by atoms with E-state index in [9.17, 15) is 19.5 Å². The van der Waals surface area contributed by atoms with E-state index in [0.717, 1.165) is 38.5 Å². The maximum absolute atomic E-state index is 12.5. The van der Waals surface area contributed by atoms with Crippen LogP contribution in [0, 0.1) is 0 Å². The van der Waals surface area contributed by atoms with Gasteiger partial charge in [0.1, 0.15) is 6.04 Å². The Hall–Kier alpha value is -2.73. The highest BCUT2D eigenvalue weighted by Gasteiger charge is 2.37. The maximum Gasteiger partial charge on any atom is 0.405 e. The number of nitrogens with one attached hydrogen (secondary N) is 3. The summed E-state index contributed by atoms with van der Waals surface area (Å²) in [6, 6.07) is -1.08. The molecule has 3 amide bonds. The molecule has 0 aromatic heterocycles. The van der Waals surface area contributed by atoms with E-state index >= 15 is 0 Å². The fraction of sp³-hybridized carbons (Fsp3) is 0.545. The molecule has 248 valence electrons. The molecule has 0 spiro atoms. The number of hydrogen-bond donors (Lipinski definition) is 6. The van der Waals surface area contributed by atoms with E-state index in [2.05, 4.69) is 89.7 Å². The van der Waals surface area contributed by atoms with E-state index in [1.807, 2.05) is 6.08 Å². The van der Waals surface area contributed by atoms with Gasteiger partial charge in [-0.15, -0.1) is 0 Å². The lowest BCUT2D eigenvalue weighted by atomic mass is 10.0. The van der Waals surface area contributed by atoms with E-state index in [-0.39, 0.29) is 12.5 Å². The van der Waals surface area contributed by atoms with Crippen LogP contribution in [0.3, 0.4) is 0 Å². The fourth-order valence-corrected chi connectivity index (χ4v) is 6.01. The average molecular weight is 652 g/mol. The first-order chi connectivity index (χ1) is 21.1. The number of rotatable bonds is 25. The molecule has 44 heavy (non-hydrogen) atoms. The minimum Gasteiger partial charge on any atom is -0.465 e. The Labute approximate surface area is 271 Å². The Morgan fingerprint density at radius 3 is 1.77 bits per heavy atom. The molecule has 0 aliphatic heterocycles. The van der Waals surface area contributed by atoms with Crippen LogP contribution in [0.15, 0.2) is 72.9 Å². The lowest BCUT2D eigenvalue weighted by Crippen LogP contribution is -2.56. The first-order valence-corrected chi connectivity index (χ1v) is 17.5. The van der Waals surface area contributed by atoms with Crippen LogP contribution in [0.5, 0.6) is 0 Å².